The van der Waals surface area contributed by atoms with Gasteiger partial charge in [0, 0.05) is 30.9 Å². The molecular weight excluding hydrogens is 336 g/mol. The Kier molecular flexibility index (Phi) is 4.02. The summed E-state index contributed by atoms with van der Waals surface area (Å²) in [6.07, 6.45) is 1.75. The normalized spacial score (nSPS) is 17.2. The van der Waals surface area contributed by atoms with E-state index in [1.165, 1.54) is 0 Å². The third-order valence-electron chi connectivity index (χ3n) is 4.72. The van der Waals surface area contributed by atoms with Crippen LogP contribution in [0.2, 0.25) is 0 Å². The lowest BCUT2D eigenvalue weighted by Gasteiger charge is -2.23. The lowest BCUT2D eigenvalue weighted by molar-refractivity contribution is 0.195. The third kappa shape index (κ3) is 2.77. The molecule has 2 amide bonds. The molecule has 1 aromatic carbocycles. The largest absolute Gasteiger partial charge is 0.419 e. The van der Waals surface area contributed by atoms with Crippen LogP contribution in [-0.2, 0) is 6.54 Å². The van der Waals surface area contributed by atoms with Crippen LogP contribution in [-0.4, -0.2) is 27.2 Å². The van der Waals surface area contributed by atoms with Crippen molar-refractivity contribution in [1.29, 1.82) is 0 Å². The molecule has 4 rings (SSSR count). The Morgan fingerprint density at radius 3 is 2.96 bits per heavy atom. The molecular formula is C18H20N4O4. The summed E-state index contributed by atoms with van der Waals surface area (Å²) in [5.41, 5.74) is 2.55. The Bertz CT molecular complexity index is 1020. The molecule has 2 aromatic heterocycles. The van der Waals surface area contributed by atoms with E-state index in [0.717, 1.165) is 18.5 Å². The van der Waals surface area contributed by atoms with Crippen molar-refractivity contribution >= 4 is 22.8 Å². The zero-order valence-electron chi connectivity index (χ0n) is 14.7. The van der Waals surface area contributed by atoms with Crippen LogP contribution >= 0.6 is 0 Å². The van der Waals surface area contributed by atoms with E-state index in [2.05, 4.69) is 10.5 Å². The van der Waals surface area contributed by atoms with Crippen molar-refractivity contribution in [3.05, 3.63) is 46.3 Å². The van der Waals surface area contributed by atoms with Crippen molar-refractivity contribution in [2.24, 2.45) is 0 Å². The highest BCUT2D eigenvalue weighted by molar-refractivity contribution is 5.92. The molecule has 1 aliphatic rings. The molecule has 0 saturated carbocycles. The molecule has 3 heterocycles. The highest BCUT2D eigenvalue weighted by Crippen LogP contribution is 2.32. The second-order valence-electron chi connectivity index (χ2n) is 6.45. The number of urea groups is 1. The summed E-state index contributed by atoms with van der Waals surface area (Å²) >= 11 is 0. The van der Waals surface area contributed by atoms with E-state index in [4.69, 9.17) is 8.94 Å². The first-order valence-corrected chi connectivity index (χ1v) is 8.71. The molecule has 8 nitrogen and oxygen atoms in total. The van der Waals surface area contributed by atoms with Gasteiger partial charge in [-0.05, 0) is 38.8 Å². The van der Waals surface area contributed by atoms with Gasteiger partial charge in [0.15, 0.2) is 11.3 Å². The first-order chi connectivity index (χ1) is 12.6. The molecule has 1 fully saturated rings. The van der Waals surface area contributed by atoms with Crippen LogP contribution in [0.4, 0.5) is 10.5 Å². The molecule has 8 heteroatoms. The Balaban J connectivity index is 1.55. The number of anilines is 1. The highest BCUT2D eigenvalue weighted by Gasteiger charge is 2.32. The Labute approximate surface area is 149 Å². The quantitative estimate of drug-likeness (QED) is 0.777. The van der Waals surface area contributed by atoms with Gasteiger partial charge >= 0.3 is 11.8 Å². The minimum Gasteiger partial charge on any atom is -0.408 e. The number of amides is 2. The van der Waals surface area contributed by atoms with Gasteiger partial charge in [-0.25, -0.2) is 9.59 Å². The summed E-state index contributed by atoms with van der Waals surface area (Å²) in [6, 6.07) is 6.76. The van der Waals surface area contributed by atoms with E-state index in [0.29, 0.717) is 35.6 Å². The number of benzene rings is 1. The lowest BCUT2D eigenvalue weighted by atomic mass is 10.1. The second kappa shape index (κ2) is 6.36. The zero-order valence-corrected chi connectivity index (χ0v) is 14.7. The molecule has 1 aliphatic heterocycles. The maximum Gasteiger partial charge on any atom is 0.419 e. The molecule has 3 aromatic rings. The number of rotatable bonds is 3. The Morgan fingerprint density at radius 1 is 1.38 bits per heavy atom. The predicted octanol–water partition coefficient (Wildman–Crippen LogP) is 3.28. The van der Waals surface area contributed by atoms with E-state index < -0.39 is 5.76 Å². The monoisotopic (exact) mass is 356 g/mol. The molecule has 1 atom stereocenters. The maximum atomic E-state index is 12.7. The Hall–Kier alpha value is -3.03. The van der Waals surface area contributed by atoms with Gasteiger partial charge < -0.3 is 19.2 Å². The molecule has 0 aliphatic carbocycles. The zero-order chi connectivity index (χ0) is 18.3. The van der Waals surface area contributed by atoms with Crippen molar-refractivity contribution in [1.82, 2.24) is 14.6 Å². The first kappa shape index (κ1) is 16.4. The number of oxazole rings is 1. The van der Waals surface area contributed by atoms with E-state index in [9.17, 15) is 9.59 Å². The van der Waals surface area contributed by atoms with Gasteiger partial charge in [-0.3, -0.25) is 4.57 Å². The number of aromatic nitrogens is 2. The highest BCUT2D eigenvalue weighted by atomic mass is 16.5. The average Bonchev–Trinajstić information content (AvgIpc) is 3.31. The van der Waals surface area contributed by atoms with Gasteiger partial charge in [0.1, 0.15) is 0 Å². The molecule has 0 bridgehead atoms. The topological polar surface area (TPSA) is 93.5 Å². The molecule has 0 spiro atoms. The van der Waals surface area contributed by atoms with Gasteiger partial charge in [0.05, 0.1) is 17.3 Å². The number of aryl methyl sites for hydroxylation is 2. The molecule has 1 N–H and O–H groups in total. The number of hydrogen-bond acceptors (Lipinski definition) is 5. The van der Waals surface area contributed by atoms with Crippen LogP contribution in [0.5, 0.6) is 0 Å². The van der Waals surface area contributed by atoms with Crippen molar-refractivity contribution in [3.8, 4) is 0 Å². The Morgan fingerprint density at radius 2 is 2.23 bits per heavy atom. The number of carbonyl (C=O) groups excluding carboxylic acids is 1. The summed E-state index contributed by atoms with van der Waals surface area (Å²) in [4.78, 5) is 26.3. The number of hydrogen-bond donors (Lipinski definition) is 1. The fourth-order valence-corrected chi connectivity index (χ4v) is 3.48. The van der Waals surface area contributed by atoms with Gasteiger partial charge in [0.25, 0.3) is 0 Å². The van der Waals surface area contributed by atoms with Crippen LogP contribution < -0.4 is 11.1 Å². The number of carbonyl (C=O) groups is 1. The number of nitrogens with one attached hydrogen (secondary N) is 1. The molecule has 0 unspecified atom stereocenters. The molecule has 136 valence electrons. The summed E-state index contributed by atoms with van der Waals surface area (Å²) < 4.78 is 12.1. The number of fused-ring (bicyclic) bond motifs is 1. The fourth-order valence-electron chi connectivity index (χ4n) is 3.48. The smallest absolute Gasteiger partial charge is 0.408 e. The van der Waals surface area contributed by atoms with Crippen molar-refractivity contribution in [2.45, 2.75) is 39.3 Å². The fraction of sp³-hybridized carbons (Fsp3) is 0.389. The SMILES string of the molecule is CCn1c(=O)oc2cc(NC(=O)N3CCC[C@H]3c3cc(C)no3)ccc21. The minimum atomic E-state index is -0.397. The summed E-state index contributed by atoms with van der Waals surface area (Å²) in [5.74, 6) is 0.308. The summed E-state index contributed by atoms with van der Waals surface area (Å²) in [7, 11) is 0. The van der Waals surface area contributed by atoms with Crippen LogP contribution in [0.1, 0.15) is 37.3 Å². The first-order valence-electron chi connectivity index (χ1n) is 8.71. The minimum absolute atomic E-state index is 0.112. The van der Waals surface area contributed by atoms with Crippen LogP contribution in [0.25, 0.3) is 11.1 Å². The molecule has 0 radical (unpaired) electrons. The van der Waals surface area contributed by atoms with Crippen LogP contribution in [0.3, 0.4) is 0 Å². The van der Waals surface area contributed by atoms with Gasteiger partial charge in [-0.15, -0.1) is 0 Å². The van der Waals surface area contributed by atoms with Crippen molar-refractivity contribution in [3.63, 3.8) is 0 Å². The third-order valence-corrected chi connectivity index (χ3v) is 4.72. The van der Waals surface area contributed by atoms with E-state index in [1.54, 1.807) is 27.7 Å². The second-order valence-corrected chi connectivity index (χ2v) is 6.45. The molecule has 26 heavy (non-hydrogen) atoms. The van der Waals surface area contributed by atoms with Gasteiger partial charge in [-0.1, -0.05) is 5.16 Å². The van der Waals surface area contributed by atoms with E-state index >= 15 is 0 Å². The van der Waals surface area contributed by atoms with E-state index in [-0.39, 0.29) is 12.1 Å². The number of nitrogens with zero attached hydrogens (tertiary/aromatic N) is 3. The van der Waals surface area contributed by atoms with E-state index in [1.807, 2.05) is 19.9 Å². The predicted molar refractivity (Wildman–Crippen MR) is 95.1 cm³/mol. The molecule has 1 saturated heterocycles. The van der Waals surface area contributed by atoms with Gasteiger partial charge in [0.2, 0.25) is 0 Å². The summed E-state index contributed by atoms with van der Waals surface area (Å²) in [6.45, 7) is 4.92. The van der Waals surface area contributed by atoms with Crippen LogP contribution in [0, 0.1) is 6.92 Å². The van der Waals surface area contributed by atoms with Gasteiger partial charge in [-0.2, -0.15) is 0 Å². The number of likely N-dealkylation sites (tertiary alicyclic amines) is 1. The summed E-state index contributed by atoms with van der Waals surface area (Å²) in [5, 5.41) is 6.80. The lowest BCUT2D eigenvalue weighted by Crippen LogP contribution is -2.34. The van der Waals surface area contributed by atoms with Crippen molar-refractivity contribution < 1.29 is 13.7 Å². The standard InChI is InChI=1S/C18H20N4O4/c1-3-21-14-7-6-12(10-15(14)25-18(21)24)19-17(23)22-8-4-5-13(22)16-9-11(2)20-26-16/h6-7,9-10,13H,3-5,8H2,1-2H3,(H,19,23)/t13-/m0/s1. The van der Waals surface area contributed by atoms with Crippen LogP contribution in [0.15, 0.2) is 38.0 Å². The maximum absolute atomic E-state index is 12.7. The average molecular weight is 356 g/mol. The van der Waals surface area contributed by atoms with Crippen molar-refractivity contribution in [2.75, 3.05) is 11.9 Å².